The first-order valence-electron chi connectivity index (χ1n) is 4.52. The Bertz CT molecular complexity index is 555. The molecule has 0 spiro atoms. The number of rotatable bonds is 2. The summed E-state index contributed by atoms with van der Waals surface area (Å²) in [6, 6.07) is 7.33. The van der Waals surface area contributed by atoms with E-state index in [0.717, 1.165) is 10.1 Å². The van der Waals surface area contributed by atoms with Gasteiger partial charge in [-0.15, -0.1) is 0 Å². The lowest BCUT2D eigenvalue weighted by Gasteiger charge is -2.02. The van der Waals surface area contributed by atoms with E-state index in [1.54, 1.807) is 16.8 Å². The normalized spacial score (nSPS) is 10.0. The predicted molar refractivity (Wildman–Crippen MR) is 60.7 cm³/mol. The maximum Gasteiger partial charge on any atom is 0.190 e. The monoisotopic (exact) mass is 231 g/mol. The SMILES string of the molecule is Cn1ncnc1Sc1ccc(C#N)c(N)c1. The minimum absolute atomic E-state index is 0.481. The van der Waals surface area contributed by atoms with Crippen LogP contribution in [0.4, 0.5) is 5.69 Å². The Hall–Kier alpha value is -2.00. The van der Waals surface area contributed by atoms with Gasteiger partial charge in [0.1, 0.15) is 12.4 Å². The van der Waals surface area contributed by atoms with Crippen molar-refractivity contribution in [1.29, 1.82) is 5.26 Å². The number of nitrogen functional groups attached to an aromatic ring is 1. The molecular weight excluding hydrogens is 222 g/mol. The van der Waals surface area contributed by atoms with Gasteiger partial charge in [0.15, 0.2) is 5.16 Å². The van der Waals surface area contributed by atoms with Crippen molar-refractivity contribution >= 4 is 17.4 Å². The molecular formula is C10H9N5S. The van der Waals surface area contributed by atoms with Gasteiger partial charge in [0.25, 0.3) is 0 Å². The molecule has 0 bridgehead atoms. The molecule has 6 heteroatoms. The van der Waals surface area contributed by atoms with Gasteiger partial charge >= 0.3 is 0 Å². The average molecular weight is 231 g/mol. The molecule has 2 rings (SSSR count). The van der Waals surface area contributed by atoms with Crippen LogP contribution in [0.1, 0.15) is 5.56 Å². The standard InChI is InChI=1S/C10H9N5S/c1-15-10(13-6-14-15)16-8-3-2-7(5-11)9(12)4-8/h2-4,6H,12H2,1H3. The topological polar surface area (TPSA) is 80.5 Å². The molecule has 0 fully saturated rings. The van der Waals surface area contributed by atoms with Crippen molar-refractivity contribution in [2.75, 3.05) is 5.73 Å². The molecule has 1 heterocycles. The van der Waals surface area contributed by atoms with Crippen LogP contribution < -0.4 is 5.73 Å². The third-order valence-electron chi connectivity index (χ3n) is 2.02. The smallest absolute Gasteiger partial charge is 0.190 e. The highest BCUT2D eigenvalue weighted by molar-refractivity contribution is 7.99. The fraction of sp³-hybridized carbons (Fsp3) is 0.100. The van der Waals surface area contributed by atoms with Crippen LogP contribution in [0.15, 0.2) is 34.6 Å². The Morgan fingerprint density at radius 1 is 1.50 bits per heavy atom. The van der Waals surface area contributed by atoms with E-state index in [1.807, 2.05) is 19.2 Å². The number of anilines is 1. The molecule has 0 aliphatic carbocycles. The second-order valence-corrected chi connectivity index (χ2v) is 4.17. The number of hydrogen-bond donors (Lipinski definition) is 1. The van der Waals surface area contributed by atoms with Crippen molar-refractivity contribution < 1.29 is 0 Å². The molecule has 80 valence electrons. The number of nitrogens with two attached hydrogens (primary N) is 1. The first kappa shape index (κ1) is 10.5. The molecule has 0 radical (unpaired) electrons. The third-order valence-corrected chi connectivity index (χ3v) is 3.06. The summed E-state index contributed by atoms with van der Waals surface area (Å²) in [5.41, 5.74) is 6.69. The van der Waals surface area contributed by atoms with Crippen LogP contribution in [-0.2, 0) is 7.05 Å². The molecule has 0 unspecified atom stereocenters. The molecule has 2 N–H and O–H groups in total. The Kier molecular flexibility index (Phi) is 2.79. The van der Waals surface area contributed by atoms with Crippen molar-refractivity contribution in [3.8, 4) is 6.07 Å². The van der Waals surface area contributed by atoms with Gasteiger partial charge in [-0.25, -0.2) is 9.67 Å². The first-order chi connectivity index (χ1) is 7.70. The quantitative estimate of drug-likeness (QED) is 0.790. The summed E-state index contributed by atoms with van der Waals surface area (Å²) < 4.78 is 1.68. The van der Waals surface area contributed by atoms with Crippen molar-refractivity contribution in [2.24, 2.45) is 7.05 Å². The third kappa shape index (κ3) is 1.99. The summed E-state index contributed by atoms with van der Waals surface area (Å²) in [6.45, 7) is 0. The summed E-state index contributed by atoms with van der Waals surface area (Å²) in [5.74, 6) is 0. The van der Waals surface area contributed by atoms with Gasteiger partial charge in [0, 0.05) is 11.9 Å². The van der Waals surface area contributed by atoms with Crippen molar-refractivity contribution in [3.05, 3.63) is 30.1 Å². The summed E-state index contributed by atoms with van der Waals surface area (Å²) in [6.07, 6.45) is 1.50. The van der Waals surface area contributed by atoms with E-state index in [2.05, 4.69) is 10.1 Å². The summed E-state index contributed by atoms with van der Waals surface area (Å²) in [5, 5.41) is 13.5. The van der Waals surface area contributed by atoms with Gasteiger partial charge in [-0.1, -0.05) is 11.8 Å². The number of aromatic nitrogens is 3. The van der Waals surface area contributed by atoms with Crippen LogP contribution in [0, 0.1) is 11.3 Å². The highest BCUT2D eigenvalue weighted by Crippen LogP contribution is 2.27. The van der Waals surface area contributed by atoms with Gasteiger partial charge in [0.2, 0.25) is 0 Å². The molecule has 0 amide bonds. The minimum atomic E-state index is 0.481. The van der Waals surface area contributed by atoms with Crippen molar-refractivity contribution in [1.82, 2.24) is 14.8 Å². The molecule has 16 heavy (non-hydrogen) atoms. The predicted octanol–water partition coefficient (Wildman–Crippen LogP) is 1.42. The second-order valence-electron chi connectivity index (χ2n) is 3.13. The van der Waals surface area contributed by atoms with E-state index >= 15 is 0 Å². The Balaban J connectivity index is 2.27. The lowest BCUT2D eigenvalue weighted by Crippen LogP contribution is -1.93. The van der Waals surface area contributed by atoms with E-state index in [4.69, 9.17) is 11.0 Å². The fourth-order valence-electron chi connectivity index (χ4n) is 1.19. The second kappa shape index (κ2) is 4.24. The van der Waals surface area contributed by atoms with Gasteiger partial charge in [0.05, 0.1) is 11.3 Å². The largest absolute Gasteiger partial charge is 0.398 e. The zero-order valence-electron chi connectivity index (χ0n) is 8.58. The summed E-state index contributed by atoms with van der Waals surface area (Å²) in [4.78, 5) is 5.03. The first-order valence-corrected chi connectivity index (χ1v) is 5.34. The summed E-state index contributed by atoms with van der Waals surface area (Å²) in [7, 11) is 1.82. The van der Waals surface area contributed by atoms with Gasteiger partial charge < -0.3 is 5.73 Å². The number of nitrogens with zero attached hydrogens (tertiary/aromatic N) is 4. The number of hydrogen-bond acceptors (Lipinski definition) is 5. The zero-order chi connectivity index (χ0) is 11.5. The lowest BCUT2D eigenvalue weighted by atomic mass is 10.2. The minimum Gasteiger partial charge on any atom is -0.398 e. The molecule has 2 aromatic rings. The van der Waals surface area contributed by atoms with Crippen LogP contribution >= 0.6 is 11.8 Å². The Morgan fingerprint density at radius 3 is 2.88 bits per heavy atom. The van der Waals surface area contributed by atoms with E-state index in [9.17, 15) is 0 Å². The molecule has 1 aromatic carbocycles. The van der Waals surface area contributed by atoms with E-state index in [-0.39, 0.29) is 0 Å². The fourth-order valence-corrected chi connectivity index (χ4v) is 2.00. The maximum absolute atomic E-state index is 8.75. The van der Waals surface area contributed by atoms with Crippen LogP contribution in [0.5, 0.6) is 0 Å². The van der Waals surface area contributed by atoms with Gasteiger partial charge in [-0.3, -0.25) is 0 Å². The van der Waals surface area contributed by atoms with Crippen molar-refractivity contribution in [2.45, 2.75) is 10.1 Å². The highest BCUT2D eigenvalue weighted by atomic mass is 32.2. The Labute approximate surface area is 96.9 Å². The molecule has 0 atom stereocenters. The lowest BCUT2D eigenvalue weighted by molar-refractivity contribution is 0.685. The molecule has 0 saturated heterocycles. The Morgan fingerprint density at radius 2 is 2.31 bits per heavy atom. The van der Waals surface area contributed by atoms with Crippen LogP contribution in [0.25, 0.3) is 0 Å². The van der Waals surface area contributed by atoms with Gasteiger partial charge in [-0.05, 0) is 18.2 Å². The van der Waals surface area contributed by atoms with Crippen molar-refractivity contribution in [3.63, 3.8) is 0 Å². The molecule has 0 aliphatic rings. The number of aryl methyl sites for hydroxylation is 1. The zero-order valence-corrected chi connectivity index (χ0v) is 9.40. The number of benzene rings is 1. The molecule has 0 saturated carbocycles. The van der Waals surface area contributed by atoms with Gasteiger partial charge in [-0.2, -0.15) is 10.4 Å². The van der Waals surface area contributed by atoms with E-state index < -0.39 is 0 Å². The molecule has 0 aliphatic heterocycles. The summed E-state index contributed by atoms with van der Waals surface area (Å²) >= 11 is 1.45. The molecule has 5 nitrogen and oxygen atoms in total. The molecule has 1 aromatic heterocycles. The van der Waals surface area contributed by atoms with E-state index in [1.165, 1.54) is 18.1 Å². The maximum atomic E-state index is 8.75. The van der Waals surface area contributed by atoms with Crippen LogP contribution in [0.2, 0.25) is 0 Å². The average Bonchev–Trinajstić information content (AvgIpc) is 2.65. The van der Waals surface area contributed by atoms with Crippen LogP contribution in [0.3, 0.4) is 0 Å². The number of nitriles is 1. The highest BCUT2D eigenvalue weighted by Gasteiger charge is 2.05. The van der Waals surface area contributed by atoms with Crippen LogP contribution in [-0.4, -0.2) is 14.8 Å². The van der Waals surface area contributed by atoms with E-state index in [0.29, 0.717) is 11.3 Å².